The molecule has 2 heterocycles. The van der Waals surface area contributed by atoms with Crippen LogP contribution in [0.5, 0.6) is 0 Å². The molecular weight excluding hydrogens is 268 g/mol. The van der Waals surface area contributed by atoms with Gasteiger partial charge in [0, 0.05) is 41.1 Å². The smallest absolute Gasteiger partial charge is 0.134 e. The number of hydrogen-bond donors (Lipinski definition) is 1. The Morgan fingerprint density at radius 3 is 2.95 bits per heavy atom. The van der Waals surface area contributed by atoms with Gasteiger partial charge in [-0.05, 0) is 13.0 Å². The molecule has 2 aromatic rings. The molecule has 3 nitrogen and oxygen atoms in total. The largest absolute Gasteiger partial charge is 0.459 e. The molecule has 0 spiro atoms. The molecule has 108 valence electrons. The Morgan fingerprint density at radius 1 is 1.35 bits per heavy atom. The van der Waals surface area contributed by atoms with Crippen LogP contribution >= 0.6 is 11.8 Å². The van der Waals surface area contributed by atoms with E-state index in [1.807, 2.05) is 12.1 Å². The maximum atomic E-state index is 5.90. The maximum Gasteiger partial charge on any atom is 0.134 e. The molecule has 1 aliphatic rings. The molecule has 1 saturated heterocycles. The zero-order valence-electron chi connectivity index (χ0n) is 12.1. The fourth-order valence-corrected chi connectivity index (χ4v) is 4.07. The zero-order valence-corrected chi connectivity index (χ0v) is 13.0. The fourth-order valence-electron chi connectivity index (χ4n) is 2.91. The first-order chi connectivity index (χ1) is 9.70. The number of benzene rings is 1. The highest BCUT2D eigenvalue weighted by molar-refractivity contribution is 8.00. The van der Waals surface area contributed by atoms with Crippen LogP contribution in [0.2, 0.25) is 0 Å². The van der Waals surface area contributed by atoms with Crippen molar-refractivity contribution in [2.45, 2.75) is 38.2 Å². The summed E-state index contributed by atoms with van der Waals surface area (Å²) in [6.07, 6.45) is 0. The molecule has 0 bridgehead atoms. The molecule has 2 unspecified atom stereocenters. The van der Waals surface area contributed by atoms with Gasteiger partial charge in [0.2, 0.25) is 0 Å². The highest BCUT2D eigenvalue weighted by Gasteiger charge is 2.27. The van der Waals surface area contributed by atoms with Gasteiger partial charge in [-0.2, -0.15) is 11.8 Å². The number of furan rings is 1. The van der Waals surface area contributed by atoms with Gasteiger partial charge in [0.05, 0.1) is 6.54 Å². The number of thioether (sulfide) groups is 1. The third-order valence-electron chi connectivity index (χ3n) is 4.34. The van der Waals surface area contributed by atoms with Gasteiger partial charge in [-0.15, -0.1) is 0 Å². The summed E-state index contributed by atoms with van der Waals surface area (Å²) in [5, 5.41) is 1.90. The predicted octanol–water partition coefficient (Wildman–Crippen LogP) is 3.22. The second kappa shape index (κ2) is 5.80. The first-order valence-corrected chi connectivity index (χ1v) is 8.30. The maximum absolute atomic E-state index is 5.90. The second-order valence-electron chi connectivity index (χ2n) is 5.49. The zero-order chi connectivity index (χ0) is 14.1. The van der Waals surface area contributed by atoms with Crippen LogP contribution in [0.4, 0.5) is 0 Å². The van der Waals surface area contributed by atoms with E-state index in [9.17, 15) is 0 Å². The van der Waals surface area contributed by atoms with Gasteiger partial charge in [-0.25, -0.2) is 0 Å². The number of fused-ring (bicyclic) bond motifs is 1. The van der Waals surface area contributed by atoms with Gasteiger partial charge in [0.25, 0.3) is 0 Å². The Morgan fingerprint density at radius 2 is 2.15 bits per heavy atom. The molecule has 1 aromatic carbocycles. The van der Waals surface area contributed by atoms with Gasteiger partial charge in [-0.1, -0.05) is 25.1 Å². The minimum atomic E-state index is 0.469. The summed E-state index contributed by atoms with van der Waals surface area (Å²) in [6.45, 7) is 7.19. The van der Waals surface area contributed by atoms with E-state index in [-0.39, 0.29) is 0 Å². The summed E-state index contributed by atoms with van der Waals surface area (Å²) in [5.74, 6) is 2.14. The molecule has 0 aliphatic carbocycles. The third-order valence-corrected chi connectivity index (χ3v) is 5.68. The quantitative estimate of drug-likeness (QED) is 0.942. The van der Waals surface area contributed by atoms with E-state index in [1.165, 1.54) is 16.7 Å². The van der Waals surface area contributed by atoms with Gasteiger partial charge in [0.15, 0.2) is 0 Å². The van der Waals surface area contributed by atoms with Crippen LogP contribution in [-0.2, 0) is 13.1 Å². The molecule has 2 N–H and O–H groups in total. The number of rotatable bonds is 3. The lowest BCUT2D eigenvalue weighted by Gasteiger charge is -2.37. The van der Waals surface area contributed by atoms with Crippen LogP contribution in [0.25, 0.3) is 11.0 Å². The summed E-state index contributed by atoms with van der Waals surface area (Å²) < 4.78 is 5.90. The van der Waals surface area contributed by atoms with Gasteiger partial charge in [0.1, 0.15) is 11.3 Å². The molecule has 4 heteroatoms. The number of nitrogens with zero attached hydrogens (tertiary/aromatic N) is 1. The van der Waals surface area contributed by atoms with Crippen molar-refractivity contribution in [3.63, 3.8) is 0 Å². The first kappa shape index (κ1) is 14.0. The summed E-state index contributed by atoms with van der Waals surface area (Å²) in [6, 6.07) is 8.83. The van der Waals surface area contributed by atoms with Crippen LogP contribution < -0.4 is 5.73 Å². The van der Waals surface area contributed by atoms with Crippen molar-refractivity contribution in [3.8, 4) is 0 Å². The average Bonchev–Trinajstić information content (AvgIpc) is 2.82. The predicted molar refractivity (Wildman–Crippen MR) is 85.9 cm³/mol. The van der Waals surface area contributed by atoms with Gasteiger partial charge >= 0.3 is 0 Å². The summed E-state index contributed by atoms with van der Waals surface area (Å²) in [7, 11) is 0. The first-order valence-electron chi connectivity index (χ1n) is 7.25. The molecule has 1 fully saturated rings. The van der Waals surface area contributed by atoms with Gasteiger partial charge in [-0.3, -0.25) is 4.90 Å². The minimum absolute atomic E-state index is 0.469. The highest BCUT2D eigenvalue weighted by atomic mass is 32.2. The summed E-state index contributed by atoms with van der Waals surface area (Å²) >= 11 is 2.07. The Bertz CT molecular complexity index is 595. The third kappa shape index (κ3) is 2.48. The van der Waals surface area contributed by atoms with E-state index in [1.54, 1.807) is 0 Å². The van der Waals surface area contributed by atoms with Crippen LogP contribution in [-0.4, -0.2) is 28.5 Å². The van der Waals surface area contributed by atoms with Crippen LogP contribution in [0, 0.1) is 0 Å². The summed E-state index contributed by atoms with van der Waals surface area (Å²) in [5.41, 5.74) is 8.09. The van der Waals surface area contributed by atoms with Gasteiger partial charge < -0.3 is 10.2 Å². The normalized spacial score (nSPS) is 24.4. The molecule has 0 amide bonds. The van der Waals surface area contributed by atoms with Crippen molar-refractivity contribution < 1.29 is 4.42 Å². The molecule has 1 aliphatic heterocycles. The number of para-hydroxylation sites is 1. The van der Waals surface area contributed by atoms with Crippen LogP contribution in [0.15, 0.2) is 28.7 Å². The molecule has 2 atom stereocenters. The lowest BCUT2D eigenvalue weighted by Crippen LogP contribution is -2.44. The average molecular weight is 290 g/mol. The molecule has 1 aromatic heterocycles. The van der Waals surface area contributed by atoms with Crippen LogP contribution in [0.1, 0.15) is 25.2 Å². The molecular formula is C16H22N2OS. The lowest BCUT2D eigenvalue weighted by molar-refractivity contribution is 0.203. The van der Waals surface area contributed by atoms with E-state index in [0.29, 0.717) is 17.8 Å². The number of nitrogens with two attached hydrogens (primary N) is 1. The number of hydrogen-bond acceptors (Lipinski definition) is 4. The fraction of sp³-hybridized carbons (Fsp3) is 0.500. The topological polar surface area (TPSA) is 42.4 Å². The van der Waals surface area contributed by atoms with E-state index < -0.39 is 0 Å². The minimum Gasteiger partial charge on any atom is -0.459 e. The van der Waals surface area contributed by atoms with Crippen molar-refractivity contribution in [1.82, 2.24) is 4.90 Å². The lowest BCUT2D eigenvalue weighted by atomic mass is 10.1. The molecule has 20 heavy (non-hydrogen) atoms. The van der Waals surface area contributed by atoms with Crippen molar-refractivity contribution >= 4 is 22.7 Å². The Hall–Kier alpha value is -0.970. The van der Waals surface area contributed by atoms with Crippen molar-refractivity contribution in [1.29, 1.82) is 0 Å². The molecule has 3 rings (SSSR count). The highest BCUT2D eigenvalue weighted by Crippen LogP contribution is 2.30. The van der Waals surface area contributed by atoms with Crippen molar-refractivity contribution in [3.05, 3.63) is 35.6 Å². The van der Waals surface area contributed by atoms with E-state index in [0.717, 1.165) is 24.4 Å². The van der Waals surface area contributed by atoms with E-state index in [2.05, 4.69) is 42.6 Å². The SMILES string of the molecule is CC1SCCN(Cc2c(CN)oc3ccccc23)C1C. The molecule has 0 saturated carbocycles. The van der Waals surface area contributed by atoms with Crippen molar-refractivity contribution in [2.24, 2.45) is 5.73 Å². The summed E-state index contributed by atoms with van der Waals surface area (Å²) in [4.78, 5) is 2.55. The van der Waals surface area contributed by atoms with E-state index >= 15 is 0 Å². The molecule has 0 radical (unpaired) electrons. The Balaban J connectivity index is 1.93. The second-order valence-corrected chi connectivity index (χ2v) is 6.98. The van der Waals surface area contributed by atoms with E-state index in [4.69, 9.17) is 10.2 Å². The Kier molecular flexibility index (Phi) is 4.06. The standard InChI is InChI=1S/C16H22N2OS/c1-11-12(2)20-8-7-18(11)10-14-13-5-3-4-6-15(13)19-16(14)9-17/h3-6,11-12H,7-10,17H2,1-2H3. The van der Waals surface area contributed by atoms with Crippen molar-refractivity contribution in [2.75, 3.05) is 12.3 Å². The van der Waals surface area contributed by atoms with Crippen LogP contribution in [0.3, 0.4) is 0 Å². The monoisotopic (exact) mass is 290 g/mol. The Labute approximate surface area is 124 Å².